The molecule has 1 aromatic carbocycles. The number of aryl methyl sites for hydroxylation is 1. The molecule has 0 radical (unpaired) electrons. The number of non-ortho nitro benzene ring substituents is 1. The normalized spacial score (nSPS) is 10.3. The molecule has 11 heteroatoms. The van der Waals surface area contributed by atoms with E-state index >= 15 is 0 Å². The molecule has 0 aliphatic rings. The molecule has 1 N–H and O–H groups in total. The average molecular weight is 340 g/mol. The number of nitrogens with one attached hydrogen (secondary N) is 1. The maximum atomic E-state index is 12.2. The lowest BCUT2D eigenvalue weighted by molar-refractivity contribution is -0.385. The number of carbonyl (C=O) groups excluding carboxylic acids is 1. The fraction of sp³-hybridized carbons (Fsp3) is 0.167. The van der Waals surface area contributed by atoms with Gasteiger partial charge in [-0.05, 0) is 13.0 Å². The molecule has 0 aliphatic heterocycles. The Balaban J connectivity index is 2.36. The van der Waals surface area contributed by atoms with E-state index in [4.69, 9.17) is 11.6 Å². The molecule has 0 saturated carbocycles. The highest BCUT2D eigenvalue weighted by Crippen LogP contribution is 2.28. The van der Waals surface area contributed by atoms with Gasteiger partial charge >= 0.3 is 5.69 Å². The Hall–Kier alpha value is -3.01. The van der Waals surface area contributed by atoms with Crippen LogP contribution in [0.25, 0.3) is 0 Å². The van der Waals surface area contributed by atoms with Crippen LogP contribution in [0.1, 0.15) is 17.4 Å². The van der Waals surface area contributed by atoms with Crippen LogP contribution in [0.2, 0.25) is 5.02 Å². The highest BCUT2D eigenvalue weighted by molar-refractivity contribution is 6.34. The molecular weight excluding hydrogens is 330 g/mol. The van der Waals surface area contributed by atoms with Crippen LogP contribution < -0.4 is 5.32 Å². The molecule has 1 aromatic heterocycles. The van der Waals surface area contributed by atoms with Gasteiger partial charge in [0, 0.05) is 18.7 Å². The van der Waals surface area contributed by atoms with E-state index in [0.717, 1.165) is 12.3 Å². The fourth-order valence-electron chi connectivity index (χ4n) is 1.77. The molecule has 2 rings (SSSR count). The molecular formula is C12H10ClN5O5. The smallest absolute Gasteiger partial charge is 0.319 e. The molecule has 0 aliphatic carbocycles. The van der Waals surface area contributed by atoms with Crippen molar-refractivity contribution < 1.29 is 14.6 Å². The van der Waals surface area contributed by atoms with Crippen LogP contribution in [-0.4, -0.2) is 25.5 Å². The van der Waals surface area contributed by atoms with Crippen molar-refractivity contribution in [2.45, 2.75) is 13.5 Å². The summed E-state index contributed by atoms with van der Waals surface area (Å²) in [6, 6.07) is 3.48. The first-order chi connectivity index (χ1) is 10.8. The van der Waals surface area contributed by atoms with Crippen molar-refractivity contribution in [3.63, 3.8) is 0 Å². The van der Waals surface area contributed by atoms with Crippen molar-refractivity contribution in [3.8, 4) is 0 Å². The highest BCUT2D eigenvalue weighted by Gasteiger charge is 2.26. The summed E-state index contributed by atoms with van der Waals surface area (Å²) in [6.45, 7) is 2.04. The van der Waals surface area contributed by atoms with Crippen molar-refractivity contribution in [2.75, 3.05) is 5.32 Å². The Bertz CT molecular complexity index is 803. The SMILES string of the molecule is CCn1cc([N+](=O)[O-])c(C(=O)Nc2cc([N+](=O)[O-])ccc2Cl)n1. The predicted molar refractivity (Wildman–Crippen MR) is 80.6 cm³/mol. The van der Waals surface area contributed by atoms with Gasteiger partial charge in [-0.2, -0.15) is 5.10 Å². The number of carbonyl (C=O) groups is 1. The average Bonchev–Trinajstić information content (AvgIpc) is 2.94. The van der Waals surface area contributed by atoms with E-state index in [1.165, 1.54) is 16.8 Å². The number of aromatic nitrogens is 2. The lowest BCUT2D eigenvalue weighted by Crippen LogP contribution is -2.15. The van der Waals surface area contributed by atoms with Crippen molar-refractivity contribution in [1.82, 2.24) is 9.78 Å². The predicted octanol–water partition coefficient (Wildman–Crippen LogP) is 2.63. The zero-order valence-corrected chi connectivity index (χ0v) is 12.5. The molecule has 1 heterocycles. The number of benzene rings is 1. The molecule has 0 unspecified atom stereocenters. The van der Waals surface area contributed by atoms with Gasteiger partial charge in [-0.3, -0.25) is 29.7 Å². The molecule has 0 atom stereocenters. The van der Waals surface area contributed by atoms with E-state index < -0.39 is 27.1 Å². The zero-order valence-electron chi connectivity index (χ0n) is 11.7. The third kappa shape index (κ3) is 3.43. The van der Waals surface area contributed by atoms with Crippen LogP contribution in [0.15, 0.2) is 24.4 Å². The Labute approximate surface area is 134 Å². The van der Waals surface area contributed by atoms with E-state index in [1.807, 2.05) is 0 Å². The van der Waals surface area contributed by atoms with Crippen LogP contribution in [0.4, 0.5) is 17.1 Å². The Morgan fingerprint density at radius 2 is 2.04 bits per heavy atom. The van der Waals surface area contributed by atoms with E-state index in [9.17, 15) is 25.0 Å². The van der Waals surface area contributed by atoms with Gasteiger partial charge in [0.25, 0.3) is 11.6 Å². The van der Waals surface area contributed by atoms with E-state index in [-0.39, 0.29) is 16.4 Å². The molecule has 0 spiro atoms. The van der Waals surface area contributed by atoms with E-state index in [0.29, 0.717) is 6.54 Å². The Kier molecular flexibility index (Phi) is 4.55. The second-order valence-corrected chi connectivity index (χ2v) is 4.76. The minimum Gasteiger partial charge on any atom is -0.319 e. The van der Waals surface area contributed by atoms with Crippen molar-refractivity contribution >= 4 is 34.6 Å². The summed E-state index contributed by atoms with van der Waals surface area (Å²) in [6.07, 6.45) is 1.13. The van der Waals surface area contributed by atoms with Gasteiger partial charge in [-0.25, -0.2) is 0 Å². The summed E-state index contributed by atoms with van der Waals surface area (Å²) in [5.74, 6) is -0.883. The lowest BCUT2D eigenvalue weighted by Gasteiger charge is -2.05. The molecule has 120 valence electrons. The monoisotopic (exact) mass is 339 g/mol. The fourth-order valence-corrected chi connectivity index (χ4v) is 1.94. The maximum Gasteiger partial charge on any atom is 0.320 e. The van der Waals surface area contributed by atoms with Gasteiger partial charge in [-0.1, -0.05) is 11.6 Å². The van der Waals surface area contributed by atoms with Crippen LogP contribution >= 0.6 is 11.6 Å². The quantitative estimate of drug-likeness (QED) is 0.657. The summed E-state index contributed by atoms with van der Waals surface area (Å²) in [5, 5.41) is 27.9. The third-order valence-corrected chi connectivity index (χ3v) is 3.22. The first kappa shape index (κ1) is 16.4. The lowest BCUT2D eigenvalue weighted by atomic mass is 10.2. The topological polar surface area (TPSA) is 133 Å². The second kappa shape index (κ2) is 6.40. The highest BCUT2D eigenvalue weighted by atomic mass is 35.5. The van der Waals surface area contributed by atoms with Gasteiger partial charge in [-0.15, -0.1) is 0 Å². The number of hydrogen-bond donors (Lipinski definition) is 1. The molecule has 23 heavy (non-hydrogen) atoms. The molecule has 0 bridgehead atoms. The van der Waals surface area contributed by atoms with Crippen molar-refractivity contribution in [3.05, 3.63) is 55.3 Å². The number of nitro groups is 2. The summed E-state index contributed by atoms with van der Waals surface area (Å²) >= 11 is 5.87. The van der Waals surface area contributed by atoms with Crippen LogP contribution in [0.3, 0.4) is 0 Å². The molecule has 0 fully saturated rings. The van der Waals surface area contributed by atoms with Crippen molar-refractivity contribution in [2.24, 2.45) is 0 Å². The van der Waals surface area contributed by atoms with Gasteiger partial charge in [0.05, 0.1) is 20.6 Å². The van der Waals surface area contributed by atoms with Gasteiger partial charge in [0.15, 0.2) is 0 Å². The van der Waals surface area contributed by atoms with E-state index in [1.54, 1.807) is 6.92 Å². The molecule has 0 saturated heterocycles. The third-order valence-electron chi connectivity index (χ3n) is 2.89. The van der Waals surface area contributed by atoms with E-state index in [2.05, 4.69) is 10.4 Å². The standard InChI is InChI=1S/C12H10ClN5O5/c1-2-16-6-10(18(22)23)11(15-16)12(19)14-9-5-7(17(20)21)3-4-8(9)13/h3-6H,2H2,1H3,(H,14,19). The van der Waals surface area contributed by atoms with Crippen LogP contribution in [0.5, 0.6) is 0 Å². The Morgan fingerprint density at radius 3 is 2.61 bits per heavy atom. The molecule has 2 aromatic rings. The first-order valence-corrected chi connectivity index (χ1v) is 6.68. The van der Waals surface area contributed by atoms with Crippen LogP contribution in [-0.2, 0) is 6.54 Å². The second-order valence-electron chi connectivity index (χ2n) is 4.35. The minimum absolute atomic E-state index is 0.0359. The summed E-state index contributed by atoms with van der Waals surface area (Å²) in [5.41, 5.74) is -1.19. The summed E-state index contributed by atoms with van der Waals surface area (Å²) < 4.78 is 1.24. The maximum absolute atomic E-state index is 12.2. The van der Waals surface area contributed by atoms with Gasteiger partial charge in [0.2, 0.25) is 5.69 Å². The van der Waals surface area contributed by atoms with Gasteiger partial charge < -0.3 is 5.32 Å². The number of hydrogen-bond acceptors (Lipinski definition) is 6. The Morgan fingerprint density at radius 1 is 1.35 bits per heavy atom. The minimum atomic E-state index is -0.883. The largest absolute Gasteiger partial charge is 0.320 e. The summed E-state index contributed by atoms with van der Waals surface area (Å²) in [4.78, 5) is 32.5. The summed E-state index contributed by atoms with van der Waals surface area (Å²) in [7, 11) is 0. The van der Waals surface area contributed by atoms with Gasteiger partial charge in [0.1, 0.15) is 6.20 Å². The number of nitro benzene ring substituents is 1. The number of amides is 1. The number of nitrogens with zero attached hydrogens (tertiary/aromatic N) is 4. The van der Waals surface area contributed by atoms with Crippen molar-refractivity contribution in [1.29, 1.82) is 0 Å². The number of rotatable bonds is 5. The number of halogens is 1. The number of anilines is 1. The molecule has 1 amide bonds. The first-order valence-electron chi connectivity index (χ1n) is 6.30. The zero-order chi connectivity index (χ0) is 17.1. The van der Waals surface area contributed by atoms with Crippen LogP contribution in [0, 0.1) is 20.2 Å². The molecule has 10 nitrogen and oxygen atoms in total.